The molecule has 2 heterocycles. The quantitative estimate of drug-likeness (QED) is 0.422. The van der Waals surface area contributed by atoms with Crippen molar-refractivity contribution in [2.24, 2.45) is 0 Å². The molecule has 6 nitrogen and oxygen atoms in total. The molecule has 0 saturated carbocycles. The van der Waals surface area contributed by atoms with Crippen molar-refractivity contribution in [2.75, 3.05) is 26.4 Å². The second-order valence-corrected chi connectivity index (χ2v) is 7.89. The molecule has 1 aliphatic rings. The van der Waals surface area contributed by atoms with Crippen LogP contribution in [-0.4, -0.2) is 37.2 Å². The highest BCUT2D eigenvalue weighted by Gasteiger charge is 2.42. The molecule has 0 spiro atoms. The number of rotatable bonds is 10. The van der Waals surface area contributed by atoms with Crippen LogP contribution in [0.25, 0.3) is 11.0 Å². The molecule has 1 atom stereocenters. The monoisotopic (exact) mass is 435 g/mol. The van der Waals surface area contributed by atoms with Crippen LogP contribution in [0.1, 0.15) is 60.8 Å². The van der Waals surface area contributed by atoms with Crippen LogP contribution in [0.3, 0.4) is 0 Å². The van der Waals surface area contributed by atoms with E-state index >= 15 is 0 Å². The Hall–Kier alpha value is -3.12. The number of carbonyl (C=O) groups excluding carboxylic acids is 1. The number of benzene rings is 2. The molecule has 4 rings (SSSR count). The largest absolute Gasteiger partial charge is 0.494 e. The van der Waals surface area contributed by atoms with Crippen molar-refractivity contribution in [3.8, 4) is 5.75 Å². The van der Waals surface area contributed by atoms with E-state index in [1.54, 1.807) is 29.2 Å². The topological polar surface area (TPSA) is 69.0 Å². The average molecular weight is 436 g/mol. The molecule has 0 radical (unpaired) electrons. The van der Waals surface area contributed by atoms with Crippen LogP contribution in [-0.2, 0) is 4.74 Å². The first kappa shape index (κ1) is 22.1. The summed E-state index contributed by atoms with van der Waals surface area (Å²) < 4.78 is 17.2. The summed E-state index contributed by atoms with van der Waals surface area (Å²) in [5.74, 6) is 0.659. The van der Waals surface area contributed by atoms with Gasteiger partial charge in [0.15, 0.2) is 5.43 Å². The number of ether oxygens (including phenoxy) is 2. The third-order valence-electron chi connectivity index (χ3n) is 5.73. The molecular weight excluding hydrogens is 406 g/mol. The fourth-order valence-electron chi connectivity index (χ4n) is 4.11. The standard InChI is InChI=1S/C26H29NO5/c1-3-5-17-31-19-13-11-18(12-14-19)23-22-24(28)20-9-6-7-10-21(20)32-25(22)26(29)27(23)15-8-16-30-4-2/h6-7,9-14,23H,3-5,8,15-17H2,1-2H3. The SMILES string of the molecule is CCCCOc1ccc(C2c3c(oc4ccccc4c3=O)C(=O)N2CCCOCC)cc1. The Morgan fingerprint density at radius 3 is 2.50 bits per heavy atom. The van der Waals surface area contributed by atoms with Gasteiger partial charge in [-0.3, -0.25) is 9.59 Å². The lowest BCUT2D eigenvalue weighted by Crippen LogP contribution is -2.31. The van der Waals surface area contributed by atoms with Crippen LogP contribution in [0.5, 0.6) is 5.75 Å². The van der Waals surface area contributed by atoms with Crippen LogP contribution in [0, 0.1) is 0 Å². The maximum atomic E-state index is 13.4. The highest BCUT2D eigenvalue weighted by molar-refractivity contribution is 5.99. The third-order valence-corrected chi connectivity index (χ3v) is 5.73. The maximum absolute atomic E-state index is 13.4. The molecule has 1 aromatic heterocycles. The van der Waals surface area contributed by atoms with Gasteiger partial charge >= 0.3 is 0 Å². The zero-order chi connectivity index (χ0) is 22.5. The molecule has 1 aliphatic heterocycles. The van der Waals surface area contributed by atoms with E-state index in [1.807, 2.05) is 31.2 Å². The van der Waals surface area contributed by atoms with Crippen molar-refractivity contribution < 1.29 is 18.7 Å². The number of hydrogen-bond acceptors (Lipinski definition) is 5. The van der Waals surface area contributed by atoms with Gasteiger partial charge in [0.1, 0.15) is 11.3 Å². The highest BCUT2D eigenvalue weighted by atomic mass is 16.5. The van der Waals surface area contributed by atoms with Gasteiger partial charge in [-0.15, -0.1) is 0 Å². The number of fused-ring (bicyclic) bond motifs is 2. The van der Waals surface area contributed by atoms with Crippen LogP contribution >= 0.6 is 0 Å². The van der Waals surface area contributed by atoms with Gasteiger partial charge in [-0.25, -0.2) is 0 Å². The zero-order valence-electron chi connectivity index (χ0n) is 18.6. The van der Waals surface area contributed by atoms with E-state index in [9.17, 15) is 9.59 Å². The van der Waals surface area contributed by atoms with Gasteiger partial charge in [-0.05, 0) is 49.6 Å². The van der Waals surface area contributed by atoms with Crippen LogP contribution in [0.2, 0.25) is 0 Å². The van der Waals surface area contributed by atoms with Crippen molar-refractivity contribution in [1.29, 1.82) is 0 Å². The Bertz CT molecular complexity index is 1140. The minimum atomic E-state index is -0.496. The predicted octanol–water partition coefficient (Wildman–Crippen LogP) is 4.94. The lowest BCUT2D eigenvalue weighted by atomic mass is 9.98. The average Bonchev–Trinajstić information content (AvgIpc) is 3.09. The second-order valence-electron chi connectivity index (χ2n) is 7.89. The summed E-state index contributed by atoms with van der Waals surface area (Å²) in [5, 5.41) is 0.486. The fourth-order valence-corrected chi connectivity index (χ4v) is 4.11. The molecule has 0 fully saturated rings. The number of para-hydroxylation sites is 1. The van der Waals surface area contributed by atoms with E-state index in [2.05, 4.69) is 6.92 Å². The molecule has 168 valence electrons. The molecular formula is C26H29NO5. The molecule has 0 saturated heterocycles. The van der Waals surface area contributed by atoms with E-state index in [0.717, 1.165) is 24.2 Å². The summed E-state index contributed by atoms with van der Waals surface area (Å²) >= 11 is 0. The van der Waals surface area contributed by atoms with Gasteiger partial charge in [-0.2, -0.15) is 0 Å². The van der Waals surface area contributed by atoms with Gasteiger partial charge in [0.25, 0.3) is 5.91 Å². The van der Waals surface area contributed by atoms with Crippen molar-refractivity contribution in [3.63, 3.8) is 0 Å². The number of amides is 1. The Balaban J connectivity index is 1.72. The number of unbranched alkanes of at least 4 members (excludes halogenated alkanes) is 1. The first-order chi connectivity index (χ1) is 15.7. The van der Waals surface area contributed by atoms with Crippen molar-refractivity contribution in [1.82, 2.24) is 4.90 Å². The molecule has 0 aliphatic carbocycles. The summed E-state index contributed by atoms with van der Waals surface area (Å²) in [5.41, 5.74) is 1.54. The smallest absolute Gasteiger partial charge is 0.290 e. The van der Waals surface area contributed by atoms with Gasteiger partial charge < -0.3 is 18.8 Å². The zero-order valence-corrected chi connectivity index (χ0v) is 18.6. The van der Waals surface area contributed by atoms with E-state index in [-0.39, 0.29) is 17.1 Å². The molecule has 2 aromatic carbocycles. The first-order valence-electron chi connectivity index (χ1n) is 11.3. The van der Waals surface area contributed by atoms with E-state index in [0.29, 0.717) is 49.3 Å². The lowest BCUT2D eigenvalue weighted by molar-refractivity contribution is 0.0696. The second kappa shape index (κ2) is 10.0. The van der Waals surface area contributed by atoms with E-state index < -0.39 is 6.04 Å². The summed E-state index contributed by atoms with van der Waals surface area (Å²) in [6.07, 6.45) is 2.74. The lowest BCUT2D eigenvalue weighted by Gasteiger charge is -2.25. The minimum absolute atomic E-state index is 0.137. The Morgan fingerprint density at radius 2 is 1.75 bits per heavy atom. The summed E-state index contributed by atoms with van der Waals surface area (Å²) in [6.45, 7) is 6.38. The van der Waals surface area contributed by atoms with Gasteiger partial charge in [0.05, 0.1) is 23.6 Å². The normalized spacial score (nSPS) is 15.4. The molecule has 32 heavy (non-hydrogen) atoms. The number of nitrogens with zero attached hydrogens (tertiary/aromatic N) is 1. The number of hydrogen-bond donors (Lipinski definition) is 0. The molecule has 3 aromatic rings. The van der Waals surface area contributed by atoms with Crippen LogP contribution < -0.4 is 10.2 Å². The Morgan fingerprint density at radius 1 is 0.969 bits per heavy atom. The first-order valence-corrected chi connectivity index (χ1v) is 11.3. The fraction of sp³-hybridized carbons (Fsp3) is 0.385. The Kier molecular flexibility index (Phi) is 6.90. The molecule has 6 heteroatoms. The van der Waals surface area contributed by atoms with E-state index in [1.165, 1.54) is 0 Å². The highest BCUT2D eigenvalue weighted by Crippen LogP contribution is 2.38. The minimum Gasteiger partial charge on any atom is -0.494 e. The van der Waals surface area contributed by atoms with Crippen LogP contribution in [0.4, 0.5) is 0 Å². The van der Waals surface area contributed by atoms with Gasteiger partial charge in [0.2, 0.25) is 5.76 Å². The van der Waals surface area contributed by atoms with Crippen molar-refractivity contribution in [3.05, 3.63) is 75.6 Å². The number of carbonyl (C=O) groups is 1. The summed E-state index contributed by atoms with van der Waals surface area (Å²) in [7, 11) is 0. The molecule has 1 unspecified atom stereocenters. The predicted molar refractivity (Wildman–Crippen MR) is 123 cm³/mol. The van der Waals surface area contributed by atoms with Crippen LogP contribution in [0.15, 0.2) is 57.7 Å². The van der Waals surface area contributed by atoms with E-state index in [4.69, 9.17) is 13.9 Å². The maximum Gasteiger partial charge on any atom is 0.290 e. The van der Waals surface area contributed by atoms with Gasteiger partial charge in [-0.1, -0.05) is 37.6 Å². The molecule has 0 bridgehead atoms. The van der Waals surface area contributed by atoms with Crippen molar-refractivity contribution in [2.45, 2.75) is 39.2 Å². The van der Waals surface area contributed by atoms with Gasteiger partial charge in [0, 0.05) is 19.8 Å². The molecule has 1 amide bonds. The molecule has 0 N–H and O–H groups in total. The third kappa shape index (κ3) is 4.28. The van der Waals surface area contributed by atoms with Crippen molar-refractivity contribution >= 4 is 16.9 Å². The summed E-state index contributed by atoms with van der Waals surface area (Å²) in [6, 6.07) is 14.2. The Labute approximate surface area is 187 Å². The summed E-state index contributed by atoms with van der Waals surface area (Å²) in [4.78, 5) is 28.5.